The molecule has 0 aliphatic carbocycles. The van der Waals surface area contributed by atoms with Gasteiger partial charge in [0.1, 0.15) is 0 Å². The quantitative estimate of drug-likeness (QED) is 0.836. The number of rotatable bonds is 2. The number of hydrogen-bond acceptors (Lipinski definition) is 3. The van der Waals surface area contributed by atoms with E-state index in [0.717, 1.165) is 31.3 Å². The molecule has 2 saturated heterocycles. The molecule has 3 heterocycles. The second-order valence-corrected chi connectivity index (χ2v) is 7.30. The highest BCUT2D eigenvalue weighted by molar-refractivity contribution is 6.36. The molecule has 5 heteroatoms. The molecule has 4 nitrogen and oxygen atoms in total. The molecule has 0 radical (unpaired) electrons. The largest absolute Gasteiger partial charge is 0.334 e. The molecule has 1 aromatic heterocycles. The Bertz CT molecular complexity index is 778. The van der Waals surface area contributed by atoms with Crippen LogP contribution in [0.4, 0.5) is 0 Å². The first-order valence-corrected chi connectivity index (χ1v) is 9.09. The summed E-state index contributed by atoms with van der Waals surface area (Å²) in [6.45, 7) is 1.97. The van der Waals surface area contributed by atoms with Crippen LogP contribution in [-0.2, 0) is 0 Å². The average molecular weight is 344 g/mol. The number of amides is 1. The SMILES string of the molecule is CN1CCC[C@@H]1[C@@H]1CCCN1C(=O)c1ccc(Cl)c2cccnc12. The molecular weight excluding hydrogens is 322 g/mol. The Labute approximate surface area is 147 Å². The zero-order valence-corrected chi connectivity index (χ0v) is 14.7. The number of fused-ring (bicyclic) bond motifs is 1. The van der Waals surface area contributed by atoms with Crippen molar-refractivity contribution >= 4 is 28.4 Å². The highest BCUT2D eigenvalue weighted by Gasteiger charge is 2.39. The number of carbonyl (C=O) groups is 1. The summed E-state index contributed by atoms with van der Waals surface area (Å²) in [5.41, 5.74) is 1.38. The van der Waals surface area contributed by atoms with Crippen LogP contribution in [0.2, 0.25) is 5.02 Å². The van der Waals surface area contributed by atoms with Gasteiger partial charge in [-0.1, -0.05) is 11.6 Å². The molecule has 1 aromatic carbocycles. The maximum Gasteiger partial charge on any atom is 0.256 e. The van der Waals surface area contributed by atoms with Crippen molar-refractivity contribution in [2.75, 3.05) is 20.1 Å². The van der Waals surface area contributed by atoms with E-state index in [2.05, 4.69) is 21.8 Å². The summed E-state index contributed by atoms with van der Waals surface area (Å²) in [6, 6.07) is 8.23. The molecule has 0 saturated carbocycles. The Morgan fingerprint density at radius 1 is 1.17 bits per heavy atom. The first kappa shape index (κ1) is 15.9. The number of likely N-dealkylation sites (N-methyl/N-ethyl adjacent to an activating group) is 1. The zero-order valence-electron chi connectivity index (χ0n) is 13.9. The normalized spacial score (nSPS) is 24.8. The summed E-state index contributed by atoms with van der Waals surface area (Å²) in [6.07, 6.45) is 6.32. The third-order valence-corrected chi connectivity index (χ3v) is 5.86. The van der Waals surface area contributed by atoms with Gasteiger partial charge in [0.25, 0.3) is 5.91 Å². The van der Waals surface area contributed by atoms with E-state index in [1.54, 1.807) is 6.20 Å². The van der Waals surface area contributed by atoms with Gasteiger partial charge >= 0.3 is 0 Å². The summed E-state index contributed by atoms with van der Waals surface area (Å²) in [4.78, 5) is 22.2. The lowest BCUT2D eigenvalue weighted by atomic mass is 10.0. The van der Waals surface area contributed by atoms with Gasteiger partial charge in [-0.15, -0.1) is 0 Å². The lowest BCUT2D eigenvalue weighted by Gasteiger charge is -2.33. The van der Waals surface area contributed by atoms with Crippen molar-refractivity contribution < 1.29 is 4.79 Å². The summed E-state index contributed by atoms with van der Waals surface area (Å²) < 4.78 is 0. The highest BCUT2D eigenvalue weighted by atomic mass is 35.5. The molecule has 126 valence electrons. The molecule has 1 amide bonds. The number of halogens is 1. The van der Waals surface area contributed by atoms with Crippen LogP contribution in [0.15, 0.2) is 30.5 Å². The fourth-order valence-corrected chi connectivity index (χ4v) is 4.55. The van der Waals surface area contributed by atoms with Crippen molar-refractivity contribution in [3.63, 3.8) is 0 Å². The van der Waals surface area contributed by atoms with E-state index in [-0.39, 0.29) is 5.91 Å². The van der Waals surface area contributed by atoms with E-state index in [4.69, 9.17) is 11.6 Å². The highest BCUT2D eigenvalue weighted by Crippen LogP contribution is 2.32. The second kappa shape index (κ2) is 6.34. The summed E-state index contributed by atoms with van der Waals surface area (Å²) in [5, 5.41) is 1.49. The third kappa shape index (κ3) is 2.58. The van der Waals surface area contributed by atoms with Gasteiger partial charge in [0.05, 0.1) is 16.1 Å². The van der Waals surface area contributed by atoms with Gasteiger partial charge in [0.2, 0.25) is 0 Å². The predicted octanol–water partition coefficient (Wildman–Crippen LogP) is 3.59. The average Bonchev–Trinajstić information content (AvgIpc) is 3.23. The Kier molecular flexibility index (Phi) is 4.19. The molecule has 2 aliphatic heterocycles. The first-order valence-electron chi connectivity index (χ1n) is 8.71. The van der Waals surface area contributed by atoms with Crippen LogP contribution in [0, 0.1) is 0 Å². The summed E-state index contributed by atoms with van der Waals surface area (Å²) in [5.74, 6) is 0.0955. The van der Waals surface area contributed by atoms with E-state index in [1.165, 1.54) is 12.8 Å². The Morgan fingerprint density at radius 2 is 1.96 bits per heavy atom. The maximum atomic E-state index is 13.3. The van der Waals surface area contributed by atoms with Crippen LogP contribution in [0.1, 0.15) is 36.0 Å². The van der Waals surface area contributed by atoms with Crippen LogP contribution in [0.3, 0.4) is 0 Å². The number of benzene rings is 1. The maximum absolute atomic E-state index is 13.3. The minimum absolute atomic E-state index is 0.0955. The Hall–Kier alpha value is -1.65. The van der Waals surface area contributed by atoms with Crippen molar-refractivity contribution in [2.45, 2.75) is 37.8 Å². The van der Waals surface area contributed by atoms with Crippen molar-refractivity contribution in [3.05, 3.63) is 41.0 Å². The van der Waals surface area contributed by atoms with Crippen LogP contribution >= 0.6 is 11.6 Å². The number of hydrogen-bond donors (Lipinski definition) is 0. The van der Waals surface area contributed by atoms with Gasteiger partial charge in [0, 0.05) is 30.2 Å². The van der Waals surface area contributed by atoms with Crippen molar-refractivity contribution in [1.82, 2.24) is 14.8 Å². The topological polar surface area (TPSA) is 36.4 Å². The molecule has 2 fully saturated rings. The fraction of sp³-hybridized carbons (Fsp3) is 0.474. The van der Waals surface area contributed by atoms with Gasteiger partial charge in [-0.3, -0.25) is 9.78 Å². The number of carbonyl (C=O) groups excluding carboxylic acids is 1. The van der Waals surface area contributed by atoms with Crippen molar-refractivity contribution in [2.24, 2.45) is 0 Å². The minimum atomic E-state index is 0.0955. The molecule has 2 atom stereocenters. The monoisotopic (exact) mass is 343 g/mol. The van der Waals surface area contributed by atoms with E-state index < -0.39 is 0 Å². The third-order valence-electron chi connectivity index (χ3n) is 5.53. The Morgan fingerprint density at radius 3 is 2.75 bits per heavy atom. The molecule has 4 rings (SSSR count). The van der Waals surface area contributed by atoms with Crippen LogP contribution in [0.5, 0.6) is 0 Å². The van der Waals surface area contributed by atoms with E-state index >= 15 is 0 Å². The summed E-state index contributed by atoms with van der Waals surface area (Å²) in [7, 11) is 2.18. The number of likely N-dealkylation sites (tertiary alicyclic amines) is 2. The molecule has 2 aliphatic rings. The number of nitrogens with zero attached hydrogens (tertiary/aromatic N) is 3. The molecule has 24 heavy (non-hydrogen) atoms. The molecule has 0 bridgehead atoms. The molecule has 0 unspecified atom stereocenters. The van der Waals surface area contributed by atoms with Crippen LogP contribution < -0.4 is 0 Å². The first-order chi connectivity index (χ1) is 11.7. The number of pyridine rings is 1. The van der Waals surface area contributed by atoms with E-state index in [0.29, 0.717) is 28.2 Å². The zero-order chi connectivity index (χ0) is 16.7. The standard InChI is InChI=1S/C19H22ClN3O/c1-22-11-3-6-16(22)17-7-4-12-23(17)19(24)14-8-9-15(20)13-5-2-10-21-18(13)14/h2,5,8-10,16-17H,3-4,6-7,11-12H2,1H3/t16-,17+/m1/s1. The molecule has 0 N–H and O–H groups in total. The predicted molar refractivity (Wildman–Crippen MR) is 96.5 cm³/mol. The van der Waals surface area contributed by atoms with E-state index in [9.17, 15) is 4.79 Å². The molecular formula is C19H22ClN3O. The fourth-order valence-electron chi connectivity index (χ4n) is 4.33. The van der Waals surface area contributed by atoms with Gasteiger partial charge in [0.15, 0.2) is 0 Å². The van der Waals surface area contributed by atoms with Gasteiger partial charge in [-0.2, -0.15) is 0 Å². The van der Waals surface area contributed by atoms with E-state index in [1.807, 2.05) is 24.3 Å². The molecule has 2 aromatic rings. The molecule has 0 spiro atoms. The number of aromatic nitrogens is 1. The van der Waals surface area contributed by atoms with Gasteiger partial charge < -0.3 is 9.80 Å². The van der Waals surface area contributed by atoms with Gasteiger partial charge in [-0.25, -0.2) is 0 Å². The Balaban J connectivity index is 1.69. The van der Waals surface area contributed by atoms with Crippen molar-refractivity contribution in [3.8, 4) is 0 Å². The lowest BCUT2D eigenvalue weighted by molar-refractivity contribution is 0.0666. The van der Waals surface area contributed by atoms with Gasteiger partial charge in [-0.05, 0) is 63.5 Å². The van der Waals surface area contributed by atoms with Crippen LogP contribution in [0.25, 0.3) is 10.9 Å². The smallest absolute Gasteiger partial charge is 0.256 e. The van der Waals surface area contributed by atoms with Crippen LogP contribution in [-0.4, -0.2) is 52.9 Å². The second-order valence-electron chi connectivity index (χ2n) is 6.89. The summed E-state index contributed by atoms with van der Waals surface area (Å²) >= 11 is 6.27. The van der Waals surface area contributed by atoms with Crippen molar-refractivity contribution in [1.29, 1.82) is 0 Å². The lowest BCUT2D eigenvalue weighted by Crippen LogP contribution is -2.47. The minimum Gasteiger partial charge on any atom is -0.334 e.